The van der Waals surface area contributed by atoms with Gasteiger partial charge in [-0.1, -0.05) is 6.07 Å². The third-order valence-corrected chi connectivity index (χ3v) is 5.09. The number of pyridine rings is 1. The van der Waals surface area contributed by atoms with E-state index in [1.807, 2.05) is 44.8 Å². The highest BCUT2D eigenvalue weighted by atomic mass is 127. The Morgan fingerprint density at radius 1 is 1.34 bits per heavy atom. The number of halogens is 1. The molecule has 9 heteroatoms. The maximum absolute atomic E-state index is 5.92. The van der Waals surface area contributed by atoms with Crippen LogP contribution in [0.3, 0.4) is 0 Å². The van der Waals surface area contributed by atoms with Crippen molar-refractivity contribution in [3.63, 3.8) is 0 Å². The van der Waals surface area contributed by atoms with Crippen LogP contribution in [-0.2, 0) is 18.3 Å². The quantitative estimate of drug-likeness (QED) is 0.364. The van der Waals surface area contributed by atoms with Crippen LogP contribution in [-0.4, -0.2) is 59.0 Å². The molecule has 0 bridgehead atoms. The minimum Gasteiger partial charge on any atom is -0.477 e. The molecule has 3 heterocycles. The van der Waals surface area contributed by atoms with Crippen LogP contribution in [0, 0.1) is 5.92 Å². The van der Waals surface area contributed by atoms with Crippen molar-refractivity contribution < 1.29 is 9.47 Å². The number of aryl methyl sites for hydroxylation is 1. The van der Waals surface area contributed by atoms with E-state index in [2.05, 4.69) is 25.3 Å². The van der Waals surface area contributed by atoms with Gasteiger partial charge in [0.2, 0.25) is 5.88 Å². The van der Waals surface area contributed by atoms with Crippen molar-refractivity contribution in [3.05, 3.63) is 41.9 Å². The van der Waals surface area contributed by atoms with Crippen LogP contribution in [0.15, 0.2) is 35.7 Å². The molecule has 0 radical (unpaired) electrons. The number of guanidine groups is 1. The van der Waals surface area contributed by atoms with E-state index in [0.29, 0.717) is 19.0 Å². The summed E-state index contributed by atoms with van der Waals surface area (Å²) in [5.41, 5.74) is 2.19. The fourth-order valence-electron chi connectivity index (χ4n) is 3.25. The molecule has 0 spiro atoms. The molecule has 1 atom stereocenters. The molecular weight excluding hydrogens is 483 g/mol. The van der Waals surface area contributed by atoms with Crippen molar-refractivity contribution in [1.82, 2.24) is 25.0 Å². The van der Waals surface area contributed by atoms with Gasteiger partial charge in [0.25, 0.3) is 0 Å². The number of nitrogens with zero attached hydrogens (tertiary/aromatic N) is 5. The molecule has 2 fully saturated rings. The number of aromatic nitrogens is 3. The number of hydrogen-bond donors (Lipinski definition) is 1. The zero-order valence-electron chi connectivity index (χ0n) is 17.0. The molecule has 8 nitrogen and oxygen atoms in total. The Hall–Kier alpha value is -1.88. The van der Waals surface area contributed by atoms with Gasteiger partial charge in [-0.2, -0.15) is 5.10 Å². The van der Waals surface area contributed by atoms with E-state index >= 15 is 0 Å². The van der Waals surface area contributed by atoms with E-state index in [1.165, 1.54) is 12.8 Å². The second kappa shape index (κ2) is 10.2. The number of rotatable bonds is 6. The van der Waals surface area contributed by atoms with Gasteiger partial charge < -0.3 is 19.7 Å². The summed E-state index contributed by atoms with van der Waals surface area (Å²) in [5, 5.41) is 7.68. The molecule has 0 amide bonds. The molecule has 0 aromatic carbocycles. The SMILES string of the molecule is CN=C(NCc1ccc(OCC2CC2)nc1)N1CCOC(c2cnn(C)c2)C1.I. The number of morpholine rings is 1. The van der Waals surface area contributed by atoms with Gasteiger partial charge in [-0.25, -0.2) is 4.98 Å². The normalized spacial score (nSPS) is 19.6. The van der Waals surface area contributed by atoms with Gasteiger partial charge in [0, 0.05) is 51.2 Å². The Labute approximate surface area is 188 Å². The molecule has 4 rings (SSSR count). The van der Waals surface area contributed by atoms with Crippen molar-refractivity contribution in [1.29, 1.82) is 0 Å². The first-order chi connectivity index (χ1) is 13.7. The Bertz CT molecular complexity index is 806. The first-order valence-electron chi connectivity index (χ1n) is 9.84. The Balaban J connectivity index is 0.00000240. The summed E-state index contributed by atoms with van der Waals surface area (Å²) >= 11 is 0. The van der Waals surface area contributed by atoms with Crippen LogP contribution < -0.4 is 10.1 Å². The second-order valence-electron chi connectivity index (χ2n) is 7.41. The highest BCUT2D eigenvalue weighted by Crippen LogP contribution is 2.29. The predicted molar refractivity (Wildman–Crippen MR) is 122 cm³/mol. The third kappa shape index (κ3) is 6.05. The molecule has 29 heavy (non-hydrogen) atoms. The summed E-state index contributed by atoms with van der Waals surface area (Å²) in [5.74, 6) is 2.30. The molecule has 1 saturated carbocycles. The largest absolute Gasteiger partial charge is 0.477 e. The van der Waals surface area contributed by atoms with Crippen LogP contribution in [0.5, 0.6) is 5.88 Å². The van der Waals surface area contributed by atoms with Gasteiger partial charge in [-0.3, -0.25) is 9.67 Å². The maximum atomic E-state index is 5.92. The fraction of sp³-hybridized carbons (Fsp3) is 0.550. The first kappa shape index (κ1) is 21.8. The van der Waals surface area contributed by atoms with Crippen molar-refractivity contribution >= 4 is 29.9 Å². The lowest BCUT2D eigenvalue weighted by Crippen LogP contribution is -2.47. The number of aliphatic imine (C=N–C) groups is 1. The Kier molecular flexibility index (Phi) is 7.70. The van der Waals surface area contributed by atoms with E-state index in [-0.39, 0.29) is 30.1 Å². The Morgan fingerprint density at radius 2 is 2.21 bits per heavy atom. The highest BCUT2D eigenvalue weighted by Gasteiger charge is 2.25. The van der Waals surface area contributed by atoms with E-state index in [0.717, 1.165) is 42.7 Å². The maximum Gasteiger partial charge on any atom is 0.213 e. The fourth-order valence-corrected chi connectivity index (χ4v) is 3.25. The summed E-state index contributed by atoms with van der Waals surface area (Å²) in [7, 11) is 3.73. The zero-order chi connectivity index (χ0) is 19.3. The summed E-state index contributed by atoms with van der Waals surface area (Å²) in [4.78, 5) is 11.1. The van der Waals surface area contributed by atoms with Gasteiger partial charge in [-0.05, 0) is 24.3 Å². The lowest BCUT2D eigenvalue weighted by Gasteiger charge is -2.34. The predicted octanol–water partition coefficient (Wildman–Crippen LogP) is 2.37. The average Bonchev–Trinajstić information content (AvgIpc) is 3.46. The molecule has 1 aliphatic carbocycles. The first-order valence-corrected chi connectivity index (χ1v) is 9.84. The molecule has 2 aromatic rings. The monoisotopic (exact) mass is 512 g/mol. The Morgan fingerprint density at radius 3 is 2.86 bits per heavy atom. The number of hydrogen-bond acceptors (Lipinski definition) is 5. The number of ether oxygens (including phenoxy) is 2. The van der Waals surface area contributed by atoms with Crippen molar-refractivity contribution in [3.8, 4) is 5.88 Å². The molecule has 158 valence electrons. The molecule has 1 N–H and O–H groups in total. The van der Waals surface area contributed by atoms with Gasteiger partial charge in [0.15, 0.2) is 5.96 Å². The van der Waals surface area contributed by atoms with E-state index in [9.17, 15) is 0 Å². The zero-order valence-corrected chi connectivity index (χ0v) is 19.3. The standard InChI is InChI=1S/C20H28N6O2.HI/c1-21-20(26-7-8-27-18(13-26)17-11-24-25(2)12-17)23-10-16-5-6-19(22-9-16)28-14-15-3-4-15;/h5-6,9,11-12,15,18H,3-4,7-8,10,13-14H2,1-2H3,(H,21,23);1H. The van der Waals surface area contributed by atoms with Crippen molar-refractivity contribution in [2.45, 2.75) is 25.5 Å². The highest BCUT2D eigenvalue weighted by molar-refractivity contribution is 14.0. The summed E-state index contributed by atoms with van der Waals surface area (Å²) in [6.07, 6.45) is 8.30. The van der Waals surface area contributed by atoms with Crippen LogP contribution in [0.1, 0.15) is 30.1 Å². The second-order valence-corrected chi connectivity index (χ2v) is 7.41. The van der Waals surface area contributed by atoms with Gasteiger partial charge in [0.1, 0.15) is 6.10 Å². The molecule has 2 aliphatic rings. The lowest BCUT2D eigenvalue weighted by molar-refractivity contribution is -0.00805. The van der Waals surface area contributed by atoms with Gasteiger partial charge in [0.05, 0.1) is 26.0 Å². The summed E-state index contributed by atoms with van der Waals surface area (Å²) < 4.78 is 13.4. The van der Waals surface area contributed by atoms with Gasteiger partial charge in [-0.15, -0.1) is 24.0 Å². The van der Waals surface area contributed by atoms with Crippen LogP contribution in [0.2, 0.25) is 0 Å². The average molecular weight is 512 g/mol. The minimum absolute atomic E-state index is 0. The van der Waals surface area contributed by atoms with Gasteiger partial charge >= 0.3 is 0 Å². The molecule has 1 saturated heterocycles. The third-order valence-electron chi connectivity index (χ3n) is 5.09. The van der Waals surface area contributed by atoms with Crippen LogP contribution >= 0.6 is 24.0 Å². The van der Waals surface area contributed by atoms with Crippen molar-refractivity contribution in [2.75, 3.05) is 33.4 Å². The molecular formula is C20H29IN6O2. The molecule has 1 aliphatic heterocycles. The molecule has 1 unspecified atom stereocenters. The van der Waals surface area contributed by atoms with Crippen molar-refractivity contribution in [2.24, 2.45) is 18.0 Å². The molecule has 2 aromatic heterocycles. The topological polar surface area (TPSA) is 76.8 Å². The summed E-state index contributed by atoms with van der Waals surface area (Å²) in [6, 6.07) is 3.99. The van der Waals surface area contributed by atoms with Crippen LogP contribution in [0.4, 0.5) is 0 Å². The smallest absolute Gasteiger partial charge is 0.213 e. The summed E-state index contributed by atoms with van der Waals surface area (Å²) in [6.45, 7) is 3.67. The minimum atomic E-state index is 0. The van der Waals surface area contributed by atoms with E-state index in [1.54, 1.807) is 4.68 Å². The van der Waals surface area contributed by atoms with E-state index in [4.69, 9.17) is 9.47 Å². The van der Waals surface area contributed by atoms with Crippen LogP contribution in [0.25, 0.3) is 0 Å². The number of nitrogens with one attached hydrogen (secondary N) is 1. The lowest BCUT2D eigenvalue weighted by atomic mass is 10.1. The van der Waals surface area contributed by atoms with E-state index < -0.39 is 0 Å².